The summed E-state index contributed by atoms with van der Waals surface area (Å²) in [6.07, 6.45) is 0.676. The molecule has 16 heavy (non-hydrogen) atoms. The third-order valence-electron chi connectivity index (χ3n) is 2.42. The number of ether oxygens (including phenoxy) is 1. The van der Waals surface area contributed by atoms with Gasteiger partial charge in [0.2, 0.25) is 0 Å². The minimum Gasteiger partial charge on any atom is -0.492 e. The first-order valence-corrected chi connectivity index (χ1v) is 5.23. The molecule has 1 aromatic rings. The molecule has 1 aliphatic rings. The van der Waals surface area contributed by atoms with Crippen molar-refractivity contribution in [2.24, 2.45) is 4.51 Å². The Balaban J connectivity index is 2.64. The van der Waals surface area contributed by atoms with Crippen molar-refractivity contribution in [1.82, 2.24) is 5.48 Å². The molecule has 0 radical (unpaired) electrons. The average Bonchev–Trinajstić information content (AvgIpc) is 2.76. The zero-order chi connectivity index (χ0) is 11.7. The molecule has 0 spiro atoms. The van der Waals surface area contributed by atoms with Crippen molar-refractivity contribution in [1.29, 1.82) is 0 Å². The molecule has 0 amide bonds. The maximum atomic E-state index is 8.88. The van der Waals surface area contributed by atoms with Crippen molar-refractivity contribution < 1.29 is 9.94 Å². The van der Waals surface area contributed by atoms with E-state index in [1.54, 1.807) is 6.07 Å². The molecule has 7 heteroatoms. The molecule has 0 aliphatic carbocycles. The number of halogens is 2. The van der Waals surface area contributed by atoms with Crippen molar-refractivity contribution in [3.05, 3.63) is 22.2 Å². The van der Waals surface area contributed by atoms with E-state index in [4.69, 9.17) is 39.1 Å². The van der Waals surface area contributed by atoms with Gasteiger partial charge < -0.3 is 10.5 Å². The molecule has 86 valence electrons. The normalized spacial score (nSPS) is 14.6. The van der Waals surface area contributed by atoms with Crippen molar-refractivity contribution >= 4 is 34.9 Å². The number of hydroxylamine groups is 1. The number of anilines is 1. The van der Waals surface area contributed by atoms with Crippen LogP contribution < -0.4 is 16.0 Å². The molecule has 1 aromatic carbocycles. The second-order valence-corrected chi connectivity index (χ2v) is 3.85. The minimum absolute atomic E-state index is 0.0710. The third-order valence-corrected chi connectivity index (χ3v) is 2.90. The summed E-state index contributed by atoms with van der Waals surface area (Å²) in [7, 11) is 0. The molecular formula is C9H9Cl2N3O2. The van der Waals surface area contributed by atoms with Crippen molar-refractivity contribution in [2.45, 2.75) is 6.42 Å². The number of hydrogen-bond donors (Lipinski definition) is 3. The van der Waals surface area contributed by atoms with Crippen LogP contribution in [0, 0.1) is 0 Å². The summed E-state index contributed by atoms with van der Waals surface area (Å²) in [4.78, 5) is 0. The van der Waals surface area contributed by atoms with Crippen molar-refractivity contribution in [3.8, 4) is 5.75 Å². The van der Waals surface area contributed by atoms with E-state index < -0.39 is 0 Å². The van der Waals surface area contributed by atoms with Crippen LogP contribution in [0.2, 0.25) is 5.02 Å². The van der Waals surface area contributed by atoms with Crippen LogP contribution >= 0.6 is 23.4 Å². The number of hydrogen-bond acceptors (Lipinski definition) is 4. The van der Waals surface area contributed by atoms with Gasteiger partial charge in [0.1, 0.15) is 5.75 Å². The van der Waals surface area contributed by atoms with Crippen LogP contribution in [-0.4, -0.2) is 17.6 Å². The van der Waals surface area contributed by atoms with Gasteiger partial charge in [-0.1, -0.05) is 11.6 Å². The van der Waals surface area contributed by atoms with E-state index in [0.717, 1.165) is 5.56 Å². The Hall–Kier alpha value is -1.17. The van der Waals surface area contributed by atoms with Crippen LogP contribution in [-0.2, 0) is 6.42 Å². The van der Waals surface area contributed by atoms with Gasteiger partial charge in [0.05, 0.1) is 22.9 Å². The van der Waals surface area contributed by atoms with Gasteiger partial charge in [0.25, 0.3) is 0 Å². The molecule has 2 rings (SSSR count). The average molecular weight is 262 g/mol. The van der Waals surface area contributed by atoms with Crippen LogP contribution in [0.4, 0.5) is 5.69 Å². The Morgan fingerprint density at radius 1 is 1.62 bits per heavy atom. The Bertz CT molecular complexity index is 463. The van der Waals surface area contributed by atoms with Gasteiger partial charge in [-0.25, -0.2) is 0 Å². The van der Waals surface area contributed by atoms with Gasteiger partial charge in [-0.3, -0.25) is 10.7 Å². The fourth-order valence-electron chi connectivity index (χ4n) is 1.67. The van der Waals surface area contributed by atoms with Crippen LogP contribution in [0.15, 0.2) is 10.6 Å². The lowest BCUT2D eigenvalue weighted by atomic mass is 10.1. The summed E-state index contributed by atoms with van der Waals surface area (Å²) >= 11 is 11.3. The smallest absolute Gasteiger partial charge is 0.175 e. The SMILES string of the molecule is Nc1c(Cl)cc(/C(=N/Cl)NO)c2c1CCO2. The van der Waals surface area contributed by atoms with E-state index in [2.05, 4.69) is 4.51 Å². The highest BCUT2D eigenvalue weighted by Gasteiger charge is 2.24. The second-order valence-electron chi connectivity index (χ2n) is 3.27. The largest absolute Gasteiger partial charge is 0.492 e. The Morgan fingerprint density at radius 2 is 2.38 bits per heavy atom. The summed E-state index contributed by atoms with van der Waals surface area (Å²) in [6.45, 7) is 0.522. The van der Waals surface area contributed by atoms with Gasteiger partial charge in [-0.15, -0.1) is 0 Å². The first-order chi connectivity index (χ1) is 7.69. The van der Waals surface area contributed by atoms with E-state index in [0.29, 0.717) is 35.1 Å². The molecule has 0 saturated heterocycles. The van der Waals surface area contributed by atoms with E-state index in [1.807, 2.05) is 5.48 Å². The fraction of sp³-hybridized carbons (Fsp3) is 0.222. The minimum atomic E-state index is 0.0710. The number of nitrogens with two attached hydrogens (primary N) is 1. The van der Waals surface area contributed by atoms with E-state index in [1.165, 1.54) is 0 Å². The first kappa shape index (κ1) is 11.3. The standard InChI is InChI=1S/C9H9Cl2N3O2/c10-6-3-5(9(13-11)14-15)8-4(7(6)12)1-2-16-8/h3,15H,1-2,12H2,(H,13,14). The summed E-state index contributed by atoms with van der Waals surface area (Å²) in [5.74, 6) is 0.629. The number of nitrogen functional groups attached to an aromatic ring is 1. The summed E-state index contributed by atoms with van der Waals surface area (Å²) < 4.78 is 8.79. The van der Waals surface area contributed by atoms with Gasteiger partial charge >= 0.3 is 0 Å². The molecule has 5 nitrogen and oxygen atoms in total. The van der Waals surface area contributed by atoms with Crippen LogP contribution in [0.5, 0.6) is 5.75 Å². The van der Waals surface area contributed by atoms with Gasteiger partial charge in [-0.2, -0.15) is 4.51 Å². The molecule has 0 bridgehead atoms. The number of benzene rings is 1. The molecule has 0 fully saturated rings. The molecule has 1 heterocycles. The van der Waals surface area contributed by atoms with Crippen molar-refractivity contribution in [2.75, 3.05) is 12.3 Å². The van der Waals surface area contributed by atoms with Crippen LogP contribution in [0.3, 0.4) is 0 Å². The van der Waals surface area contributed by atoms with E-state index in [9.17, 15) is 0 Å². The number of amidine groups is 1. The topological polar surface area (TPSA) is 79.9 Å². The molecule has 0 atom stereocenters. The summed E-state index contributed by atoms with van der Waals surface area (Å²) in [6, 6.07) is 1.55. The Morgan fingerprint density at radius 3 is 3.00 bits per heavy atom. The summed E-state index contributed by atoms with van der Waals surface area (Å²) in [5, 5.41) is 9.26. The first-order valence-electron chi connectivity index (χ1n) is 4.52. The highest BCUT2D eigenvalue weighted by atomic mass is 35.5. The third kappa shape index (κ3) is 1.67. The van der Waals surface area contributed by atoms with E-state index >= 15 is 0 Å². The van der Waals surface area contributed by atoms with Gasteiger partial charge in [0, 0.05) is 23.8 Å². The molecule has 0 unspecified atom stereocenters. The maximum Gasteiger partial charge on any atom is 0.175 e. The van der Waals surface area contributed by atoms with Gasteiger partial charge in [0.15, 0.2) is 5.84 Å². The predicted molar refractivity (Wildman–Crippen MR) is 62.4 cm³/mol. The number of nitrogens with one attached hydrogen (secondary N) is 1. The predicted octanol–water partition coefficient (Wildman–Crippen LogP) is 1.74. The lowest BCUT2D eigenvalue weighted by molar-refractivity contribution is 0.235. The molecule has 0 saturated carbocycles. The highest BCUT2D eigenvalue weighted by molar-refractivity contribution is 6.34. The van der Waals surface area contributed by atoms with Crippen molar-refractivity contribution in [3.63, 3.8) is 0 Å². The Labute approximate surface area is 102 Å². The van der Waals surface area contributed by atoms with Gasteiger partial charge in [-0.05, 0) is 6.07 Å². The lowest BCUT2D eigenvalue weighted by Gasteiger charge is -2.11. The second kappa shape index (κ2) is 4.37. The number of rotatable bonds is 1. The highest BCUT2D eigenvalue weighted by Crippen LogP contribution is 2.38. The molecule has 0 aromatic heterocycles. The summed E-state index contributed by atoms with van der Waals surface area (Å²) in [5.41, 5.74) is 9.50. The quantitative estimate of drug-likeness (QED) is 0.311. The molecular weight excluding hydrogens is 253 g/mol. The maximum absolute atomic E-state index is 8.88. The zero-order valence-electron chi connectivity index (χ0n) is 8.13. The van der Waals surface area contributed by atoms with Crippen LogP contribution in [0.1, 0.15) is 11.1 Å². The lowest BCUT2D eigenvalue weighted by Crippen LogP contribution is -2.20. The molecule has 1 aliphatic heterocycles. The number of nitrogens with zero attached hydrogens (tertiary/aromatic N) is 1. The van der Waals surface area contributed by atoms with Crippen LogP contribution in [0.25, 0.3) is 0 Å². The Kier molecular flexibility index (Phi) is 3.09. The fourth-order valence-corrected chi connectivity index (χ4v) is 2.02. The monoisotopic (exact) mass is 261 g/mol. The zero-order valence-corrected chi connectivity index (χ0v) is 9.64. The van der Waals surface area contributed by atoms with E-state index in [-0.39, 0.29) is 5.84 Å². The molecule has 4 N–H and O–H groups in total. The number of fused-ring (bicyclic) bond motifs is 1.